The summed E-state index contributed by atoms with van der Waals surface area (Å²) in [6.45, 7) is 5.65. The van der Waals surface area contributed by atoms with Gasteiger partial charge in [-0.3, -0.25) is 0 Å². The SMILES string of the molecule is CCCOc1ccc(-c2c(C#N)c3ccc(OC)cc3n2CC)cc1. The number of nitrogens with zero attached hydrogens (tertiary/aromatic N) is 2. The minimum Gasteiger partial charge on any atom is -0.497 e. The van der Waals surface area contributed by atoms with Crippen LogP contribution >= 0.6 is 0 Å². The number of hydrogen-bond donors (Lipinski definition) is 0. The van der Waals surface area contributed by atoms with Gasteiger partial charge in [-0.1, -0.05) is 6.92 Å². The molecule has 0 saturated heterocycles. The van der Waals surface area contributed by atoms with Crippen molar-refractivity contribution in [3.05, 3.63) is 48.0 Å². The van der Waals surface area contributed by atoms with Crippen LogP contribution in [0.15, 0.2) is 42.5 Å². The monoisotopic (exact) mass is 334 g/mol. The van der Waals surface area contributed by atoms with E-state index >= 15 is 0 Å². The lowest BCUT2D eigenvalue weighted by Gasteiger charge is -2.10. The highest BCUT2D eigenvalue weighted by Crippen LogP contribution is 2.35. The van der Waals surface area contributed by atoms with Crippen molar-refractivity contribution in [2.75, 3.05) is 13.7 Å². The predicted molar refractivity (Wildman–Crippen MR) is 100 cm³/mol. The first kappa shape index (κ1) is 16.9. The average Bonchev–Trinajstić information content (AvgIpc) is 2.99. The summed E-state index contributed by atoms with van der Waals surface area (Å²) in [6.07, 6.45) is 0.978. The zero-order valence-corrected chi connectivity index (χ0v) is 14.9. The summed E-state index contributed by atoms with van der Waals surface area (Å²) in [4.78, 5) is 0. The fraction of sp³-hybridized carbons (Fsp3) is 0.286. The molecule has 0 amide bonds. The molecule has 2 aromatic carbocycles. The second-order valence-corrected chi connectivity index (χ2v) is 5.84. The predicted octanol–water partition coefficient (Wildman–Crippen LogP) is 5.00. The maximum atomic E-state index is 9.76. The molecule has 0 aliphatic heterocycles. The number of benzene rings is 2. The van der Waals surface area contributed by atoms with Crippen LogP contribution in [0.25, 0.3) is 22.2 Å². The van der Waals surface area contributed by atoms with Crippen LogP contribution in [0.5, 0.6) is 11.5 Å². The lowest BCUT2D eigenvalue weighted by molar-refractivity contribution is 0.317. The van der Waals surface area contributed by atoms with Gasteiger partial charge in [0.05, 0.1) is 30.5 Å². The van der Waals surface area contributed by atoms with Gasteiger partial charge in [-0.2, -0.15) is 5.26 Å². The Bertz CT molecular complexity index is 918. The topological polar surface area (TPSA) is 47.2 Å². The molecule has 0 N–H and O–H groups in total. The Morgan fingerprint density at radius 3 is 2.36 bits per heavy atom. The molecule has 0 aliphatic carbocycles. The number of ether oxygens (including phenoxy) is 2. The molecule has 25 heavy (non-hydrogen) atoms. The highest BCUT2D eigenvalue weighted by Gasteiger charge is 2.18. The molecule has 3 rings (SSSR count). The van der Waals surface area contributed by atoms with Gasteiger partial charge in [-0.05, 0) is 55.3 Å². The summed E-state index contributed by atoms with van der Waals surface area (Å²) in [5.74, 6) is 1.64. The highest BCUT2D eigenvalue weighted by molar-refractivity contribution is 5.95. The third-order valence-electron chi connectivity index (χ3n) is 4.30. The molecule has 0 spiro atoms. The molecule has 0 aliphatic rings. The molecule has 128 valence electrons. The second-order valence-electron chi connectivity index (χ2n) is 5.84. The molecule has 4 heteroatoms. The Hall–Kier alpha value is -2.93. The number of hydrogen-bond acceptors (Lipinski definition) is 3. The second kappa shape index (κ2) is 7.31. The summed E-state index contributed by atoms with van der Waals surface area (Å²) < 4.78 is 13.2. The first-order chi connectivity index (χ1) is 12.2. The molecular weight excluding hydrogens is 312 g/mol. The Balaban J connectivity index is 2.16. The van der Waals surface area contributed by atoms with Crippen molar-refractivity contribution in [1.29, 1.82) is 5.26 Å². The van der Waals surface area contributed by atoms with E-state index in [1.807, 2.05) is 42.5 Å². The zero-order chi connectivity index (χ0) is 17.8. The molecule has 0 fully saturated rings. The van der Waals surface area contributed by atoms with Gasteiger partial charge >= 0.3 is 0 Å². The molecule has 1 heterocycles. The van der Waals surface area contributed by atoms with Gasteiger partial charge in [0.2, 0.25) is 0 Å². The Kier molecular flexibility index (Phi) is 4.95. The third-order valence-corrected chi connectivity index (χ3v) is 4.30. The largest absolute Gasteiger partial charge is 0.497 e. The third kappa shape index (κ3) is 3.06. The Morgan fingerprint density at radius 2 is 1.76 bits per heavy atom. The van der Waals surface area contributed by atoms with Crippen molar-refractivity contribution in [2.24, 2.45) is 0 Å². The minimum absolute atomic E-state index is 0.696. The van der Waals surface area contributed by atoms with Crippen molar-refractivity contribution >= 4 is 10.9 Å². The van der Waals surface area contributed by atoms with Crippen LogP contribution in [-0.2, 0) is 6.54 Å². The van der Waals surface area contributed by atoms with E-state index < -0.39 is 0 Å². The number of rotatable bonds is 6. The lowest BCUT2D eigenvalue weighted by Crippen LogP contribution is -1.98. The maximum absolute atomic E-state index is 9.76. The van der Waals surface area contributed by atoms with E-state index in [1.54, 1.807) is 7.11 Å². The van der Waals surface area contributed by atoms with Gasteiger partial charge in [0.1, 0.15) is 17.6 Å². The van der Waals surface area contributed by atoms with E-state index in [1.165, 1.54) is 0 Å². The van der Waals surface area contributed by atoms with Crippen molar-refractivity contribution in [3.63, 3.8) is 0 Å². The molecule has 1 aromatic heterocycles. The molecule has 3 aromatic rings. The van der Waals surface area contributed by atoms with Gasteiger partial charge in [0.25, 0.3) is 0 Å². The normalized spacial score (nSPS) is 10.6. The minimum atomic E-state index is 0.696. The molecule has 4 nitrogen and oxygen atoms in total. The fourth-order valence-corrected chi connectivity index (χ4v) is 3.13. The highest BCUT2D eigenvalue weighted by atomic mass is 16.5. The van der Waals surface area contributed by atoms with Crippen LogP contribution in [0, 0.1) is 11.3 Å². The molecule has 0 saturated carbocycles. The first-order valence-corrected chi connectivity index (χ1v) is 8.57. The summed E-state index contributed by atoms with van der Waals surface area (Å²) in [5, 5.41) is 10.7. The average molecular weight is 334 g/mol. The van der Waals surface area contributed by atoms with Crippen LogP contribution in [0.2, 0.25) is 0 Å². The van der Waals surface area contributed by atoms with Crippen LogP contribution in [0.3, 0.4) is 0 Å². The zero-order valence-electron chi connectivity index (χ0n) is 14.9. The number of fused-ring (bicyclic) bond motifs is 1. The van der Waals surface area contributed by atoms with Crippen LogP contribution < -0.4 is 9.47 Å². The summed E-state index contributed by atoms with van der Waals surface area (Å²) in [5.41, 5.74) is 3.66. The van der Waals surface area contributed by atoms with Crippen molar-refractivity contribution in [2.45, 2.75) is 26.8 Å². The Labute approximate surface area is 148 Å². The number of methoxy groups -OCH3 is 1. The van der Waals surface area contributed by atoms with Crippen molar-refractivity contribution in [1.82, 2.24) is 4.57 Å². The van der Waals surface area contributed by atoms with Crippen LogP contribution in [0.4, 0.5) is 0 Å². The van der Waals surface area contributed by atoms with E-state index in [-0.39, 0.29) is 0 Å². The molecule has 0 radical (unpaired) electrons. The standard InChI is InChI=1S/C21H22N2O2/c1-4-12-25-16-8-6-15(7-9-16)21-19(14-22)18-11-10-17(24-3)13-20(18)23(21)5-2/h6-11,13H,4-5,12H2,1-3H3. The fourth-order valence-electron chi connectivity index (χ4n) is 3.13. The Morgan fingerprint density at radius 1 is 1.04 bits per heavy atom. The van der Waals surface area contributed by atoms with Gasteiger partial charge in [-0.15, -0.1) is 0 Å². The quantitative estimate of drug-likeness (QED) is 0.637. The number of aryl methyl sites for hydroxylation is 1. The molecule has 0 unspecified atom stereocenters. The first-order valence-electron chi connectivity index (χ1n) is 8.57. The number of nitriles is 1. The van der Waals surface area contributed by atoms with Gasteiger partial charge in [0.15, 0.2) is 0 Å². The van der Waals surface area contributed by atoms with Crippen molar-refractivity contribution in [3.8, 4) is 28.8 Å². The van der Waals surface area contributed by atoms with Gasteiger partial charge in [0, 0.05) is 18.0 Å². The van der Waals surface area contributed by atoms with Crippen LogP contribution in [-0.4, -0.2) is 18.3 Å². The maximum Gasteiger partial charge on any atom is 0.120 e. The molecule has 0 atom stereocenters. The molecule has 0 bridgehead atoms. The van der Waals surface area contributed by atoms with E-state index in [0.717, 1.165) is 46.6 Å². The summed E-state index contributed by atoms with van der Waals surface area (Å²) in [6, 6.07) is 16.2. The lowest BCUT2D eigenvalue weighted by atomic mass is 10.1. The van der Waals surface area contributed by atoms with Crippen molar-refractivity contribution < 1.29 is 9.47 Å². The summed E-state index contributed by atoms with van der Waals surface area (Å²) in [7, 11) is 1.65. The van der Waals surface area contributed by atoms with E-state index in [9.17, 15) is 5.26 Å². The van der Waals surface area contributed by atoms with Gasteiger partial charge in [-0.25, -0.2) is 0 Å². The molecular formula is C21H22N2O2. The van der Waals surface area contributed by atoms with Gasteiger partial charge < -0.3 is 14.0 Å². The summed E-state index contributed by atoms with van der Waals surface area (Å²) >= 11 is 0. The van der Waals surface area contributed by atoms with Crippen LogP contribution in [0.1, 0.15) is 25.8 Å². The van der Waals surface area contributed by atoms with E-state index in [4.69, 9.17) is 9.47 Å². The smallest absolute Gasteiger partial charge is 0.120 e. The number of aromatic nitrogens is 1. The van der Waals surface area contributed by atoms with E-state index in [0.29, 0.717) is 12.2 Å². The van der Waals surface area contributed by atoms with E-state index in [2.05, 4.69) is 24.5 Å².